The number of thiophene rings is 1. The molecule has 1 aliphatic heterocycles. The zero-order valence-corrected chi connectivity index (χ0v) is 16.6. The van der Waals surface area contributed by atoms with E-state index in [-0.39, 0.29) is 17.2 Å². The Hall–Kier alpha value is -1.93. The molecule has 26 heavy (non-hydrogen) atoms. The molecule has 3 heterocycles. The van der Waals surface area contributed by atoms with Crippen LogP contribution in [0, 0.1) is 6.92 Å². The minimum Gasteiger partial charge on any atom is -0.462 e. The number of hydrogen-bond donors (Lipinski definition) is 0. The molecule has 0 N–H and O–H groups in total. The number of aromatic nitrogens is 2. The number of esters is 1. The van der Waals surface area contributed by atoms with Crippen LogP contribution in [0.2, 0.25) is 5.28 Å². The van der Waals surface area contributed by atoms with Gasteiger partial charge in [-0.3, -0.25) is 4.79 Å². The second kappa shape index (κ2) is 7.75. The van der Waals surface area contributed by atoms with Crippen molar-refractivity contribution in [1.82, 2.24) is 14.9 Å². The van der Waals surface area contributed by atoms with Gasteiger partial charge in [0.25, 0.3) is 0 Å². The standard InChI is InChI=1S/C17H21ClN4O3S/c1-4-9-25-16(24)13-10(2)12-14(19-17(18)20-15(12)26-13)22-7-5-21(6-8-22)11(3)23/h4-9H2,1-3H3. The van der Waals surface area contributed by atoms with Gasteiger partial charge in [-0.15, -0.1) is 11.3 Å². The van der Waals surface area contributed by atoms with Crippen LogP contribution < -0.4 is 4.90 Å². The minimum atomic E-state index is -0.337. The number of ether oxygens (including phenoxy) is 1. The molecule has 3 rings (SSSR count). The summed E-state index contributed by atoms with van der Waals surface area (Å²) >= 11 is 7.40. The summed E-state index contributed by atoms with van der Waals surface area (Å²) in [7, 11) is 0. The fourth-order valence-corrected chi connectivity index (χ4v) is 4.29. The molecule has 7 nitrogen and oxygen atoms in total. The molecule has 0 saturated carbocycles. The third-order valence-corrected chi connectivity index (χ3v) is 5.73. The van der Waals surface area contributed by atoms with Crippen molar-refractivity contribution in [2.45, 2.75) is 27.2 Å². The maximum absolute atomic E-state index is 12.3. The SMILES string of the molecule is CCCOC(=O)c1sc2nc(Cl)nc(N3CCN(C(C)=O)CC3)c2c1C. The van der Waals surface area contributed by atoms with Crippen molar-refractivity contribution in [1.29, 1.82) is 0 Å². The van der Waals surface area contributed by atoms with E-state index < -0.39 is 0 Å². The van der Waals surface area contributed by atoms with Crippen LogP contribution in [0.1, 0.15) is 35.5 Å². The van der Waals surface area contributed by atoms with E-state index in [0.29, 0.717) is 48.3 Å². The molecule has 2 aromatic heterocycles. The molecule has 1 fully saturated rings. The number of carbonyl (C=O) groups is 2. The lowest BCUT2D eigenvalue weighted by atomic mass is 10.2. The van der Waals surface area contributed by atoms with Gasteiger partial charge in [0, 0.05) is 33.1 Å². The van der Waals surface area contributed by atoms with Crippen LogP contribution in [0.3, 0.4) is 0 Å². The molecule has 140 valence electrons. The number of anilines is 1. The van der Waals surface area contributed by atoms with Crippen LogP contribution in [-0.2, 0) is 9.53 Å². The van der Waals surface area contributed by atoms with Crippen LogP contribution in [0.25, 0.3) is 10.2 Å². The van der Waals surface area contributed by atoms with E-state index in [1.807, 2.05) is 18.7 Å². The molecule has 0 radical (unpaired) electrons. The van der Waals surface area contributed by atoms with Crippen molar-refractivity contribution in [2.24, 2.45) is 0 Å². The third-order valence-electron chi connectivity index (χ3n) is 4.39. The summed E-state index contributed by atoms with van der Waals surface area (Å²) in [5.74, 6) is 0.450. The Morgan fingerprint density at radius 2 is 1.92 bits per heavy atom. The number of carbonyl (C=O) groups excluding carboxylic acids is 2. The Balaban J connectivity index is 1.97. The molecule has 1 saturated heterocycles. The largest absolute Gasteiger partial charge is 0.462 e. The maximum Gasteiger partial charge on any atom is 0.348 e. The van der Waals surface area contributed by atoms with Crippen molar-refractivity contribution in [3.63, 3.8) is 0 Å². The van der Waals surface area contributed by atoms with Crippen molar-refractivity contribution in [3.05, 3.63) is 15.7 Å². The highest BCUT2D eigenvalue weighted by molar-refractivity contribution is 7.20. The van der Waals surface area contributed by atoms with Crippen molar-refractivity contribution >= 4 is 50.8 Å². The molecular formula is C17H21ClN4O3S. The molecule has 0 spiro atoms. The third kappa shape index (κ3) is 3.61. The van der Waals surface area contributed by atoms with Gasteiger partial charge in [0.1, 0.15) is 15.5 Å². The summed E-state index contributed by atoms with van der Waals surface area (Å²) in [6.45, 7) is 8.38. The summed E-state index contributed by atoms with van der Waals surface area (Å²) in [6.07, 6.45) is 0.771. The van der Waals surface area contributed by atoms with Gasteiger partial charge in [-0.25, -0.2) is 9.78 Å². The van der Waals surface area contributed by atoms with E-state index in [1.54, 1.807) is 6.92 Å². The Morgan fingerprint density at radius 1 is 1.23 bits per heavy atom. The zero-order valence-electron chi connectivity index (χ0n) is 15.0. The second-order valence-electron chi connectivity index (χ2n) is 6.18. The van der Waals surface area contributed by atoms with Crippen molar-refractivity contribution in [2.75, 3.05) is 37.7 Å². The smallest absolute Gasteiger partial charge is 0.348 e. The van der Waals surface area contributed by atoms with Crippen LogP contribution in [0.4, 0.5) is 5.82 Å². The van der Waals surface area contributed by atoms with Gasteiger partial charge >= 0.3 is 5.97 Å². The van der Waals surface area contributed by atoms with Crippen molar-refractivity contribution in [3.8, 4) is 0 Å². The number of piperazine rings is 1. The maximum atomic E-state index is 12.3. The molecule has 0 atom stereocenters. The number of fused-ring (bicyclic) bond motifs is 1. The van der Waals surface area contributed by atoms with E-state index in [0.717, 1.165) is 17.4 Å². The lowest BCUT2D eigenvalue weighted by Crippen LogP contribution is -2.48. The molecule has 0 bridgehead atoms. The Kier molecular flexibility index (Phi) is 5.62. The van der Waals surface area contributed by atoms with Crippen LogP contribution in [-0.4, -0.2) is 59.5 Å². The molecule has 1 amide bonds. The molecule has 9 heteroatoms. The quantitative estimate of drug-likeness (QED) is 0.584. The Labute approximate surface area is 160 Å². The van der Waals surface area contributed by atoms with E-state index in [1.165, 1.54) is 11.3 Å². The van der Waals surface area contributed by atoms with Gasteiger partial charge < -0.3 is 14.5 Å². The number of nitrogens with zero attached hydrogens (tertiary/aromatic N) is 4. The predicted molar refractivity (Wildman–Crippen MR) is 102 cm³/mol. The zero-order chi connectivity index (χ0) is 18.8. The van der Waals surface area contributed by atoms with Gasteiger partial charge in [0.2, 0.25) is 11.2 Å². The van der Waals surface area contributed by atoms with Gasteiger partial charge in [0.15, 0.2) is 0 Å². The van der Waals surface area contributed by atoms with Gasteiger partial charge in [-0.05, 0) is 30.5 Å². The normalized spacial score (nSPS) is 14.8. The lowest BCUT2D eigenvalue weighted by molar-refractivity contribution is -0.129. The first-order valence-electron chi connectivity index (χ1n) is 8.56. The van der Waals surface area contributed by atoms with Gasteiger partial charge in [0.05, 0.1) is 12.0 Å². The average molecular weight is 397 g/mol. The highest BCUT2D eigenvalue weighted by atomic mass is 35.5. The molecule has 0 aliphatic carbocycles. The van der Waals surface area contributed by atoms with Crippen molar-refractivity contribution < 1.29 is 14.3 Å². The molecular weight excluding hydrogens is 376 g/mol. The number of aryl methyl sites for hydroxylation is 1. The second-order valence-corrected chi connectivity index (χ2v) is 7.52. The topological polar surface area (TPSA) is 75.6 Å². The number of rotatable bonds is 4. The molecule has 0 aromatic carbocycles. The minimum absolute atomic E-state index is 0.0724. The average Bonchev–Trinajstić information content (AvgIpc) is 2.95. The van der Waals surface area contributed by atoms with E-state index >= 15 is 0 Å². The summed E-state index contributed by atoms with van der Waals surface area (Å²) in [5, 5.41) is 0.982. The fourth-order valence-electron chi connectivity index (χ4n) is 3.01. The summed E-state index contributed by atoms with van der Waals surface area (Å²) in [6, 6.07) is 0. The predicted octanol–water partition coefficient (Wildman–Crippen LogP) is 2.89. The van der Waals surface area contributed by atoms with Gasteiger partial charge in [-0.1, -0.05) is 6.92 Å². The molecule has 2 aromatic rings. The first kappa shape index (κ1) is 18.8. The highest BCUT2D eigenvalue weighted by Gasteiger charge is 2.26. The fraction of sp³-hybridized carbons (Fsp3) is 0.529. The summed E-state index contributed by atoms with van der Waals surface area (Å²) < 4.78 is 5.28. The van der Waals surface area contributed by atoms with Crippen LogP contribution in [0.5, 0.6) is 0 Å². The Bertz CT molecular complexity index is 846. The van der Waals surface area contributed by atoms with E-state index in [2.05, 4.69) is 14.9 Å². The summed E-state index contributed by atoms with van der Waals surface area (Å²) in [5.41, 5.74) is 0.812. The first-order chi connectivity index (χ1) is 12.4. The lowest BCUT2D eigenvalue weighted by Gasteiger charge is -2.35. The summed E-state index contributed by atoms with van der Waals surface area (Å²) in [4.78, 5) is 37.7. The molecule has 0 unspecified atom stereocenters. The van der Waals surface area contributed by atoms with Gasteiger partial charge in [-0.2, -0.15) is 4.98 Å². The first-order valence-corrected chi connectivity index (χ1v) is 9.76. The number of amides is 1. The number of halogens is 1. The highest BCUT2D eigenvalue weighted by Crippen LogP contribution is 2.37. The Morgan fingerprint density at radius 3 is 2.54 bits per heavy atom. The van der Waals surface area contributed by atoms with E-state index in [4.69, 9.17) is 16.3 Å². The van der Waals surface area contributed by atoms with Crippen LogP contribution >= 0.6 is 22.9 Å². The van der Waals surface area contributed by atoms with Crippen LogP contribution in [0.15, 0.2) is 0 Å². The molecule has 1 aliphatic rings. The monoisotopic (exact) mass is 396 g/mol. The van der Waals surface area contributed by atoms with E-state index in [9.17, 15) is 9.59 Å². The number of hydrogen-bond acceptors (Lipinski definition) is 7.